The number of carbonyl (C=O) groups is 5. The fourth-order valence-electron chi connectivity index (χ4n) is 5.73. The van der Waals surface area contributed by atoms with Gasteiger partial charge in [-0.1, -0.05) is 84.9 Å². The van der Waals surface area contributed by atoms with Crippen LogP contribution in [0.3, 0.4) is 0 Å². The monoisotopic (exact) mass is 712 g/mol. The zero-order chi connectivity index (χ0) is 37.6. The summed E-state index contributed by atoms with van der Waals surface area (Å²) in [4.78, 5) is 65.7. The van der Waals surface area contributed by atoms with Crippen LogP contribution in [0.5, 0.6) is 0 Å². The number of nitrogens with zero attached hydrogens (tertiary/aromatic N) is 1. The molecule has 0 bridgehead atoms. The van der Waals surface area contributed by atoms with Gasteiger partial charge in [-0.3, -0.25) is 19.3 Å². The number of ether oxygens (including phenoxy) is 1. The largest absolute Gasteiger partial charge is 0.478 e. The standard InChI is InChI=1S/C42H40N4O7/c1-29(47)44-38(22-11-12-25-43-42(52)53-28-30-14-5-2-6-15-30)40(49)46(34-20-9-4-10-21-34)35-23-24-36(37(27-35)31-16-7-3-8-17-31)39(48)45-33-19-13-18-32(26-33)41(50)51/h2-10,13-21,23-24,26-27,38H,11-12,22,25,28H2,1H3,(H,43,52)(H,44,47)(H,45,48)(H,50,51)/t38-/m0/s1. The molecule has 0 aliphatic carbocycles. The van der Waals surface area contributed by atoms with Crippen LogP contribution in [0.2, 0.25) is 0 Å². The zero-order valence-electron chi connectivity index (χ0n) is 29.2. The fourth-order valence-corrected chi connectivity index (χ4v) is 5.73. The maximum Gasteiger partial charge on any atom is 0.407 e. The highest BCUT2D eigenvalue weighted by molar-refractivity contribution is 6.11. The fraction of sp³-hybridized carbons (Fsp3) is 0.167. The van der Waals surface area contributed by atoms with Gasteiger partial charge in [0.15, 0.2) is 0 Å². The molecule has 4 N–H and O–H groups in total. The number of unbranched alkanes of at least 4 members (excludes halogenated alkanes) is 1. The number of carboxylic acids is 1. The first-order valence-electron chi connectivity index (χ1n) is 17.1. The number of nitrogens with one attached hydrogen (secondary N) is 3. The average Bonchev–Trinajstić information content (AvgIpc) is 3.17. The first-order valence-corrected chi connectivity index (χ1v) is 17.1. The van der Waals surface area contributed by atoms with Crippen LogP contribution in [0.15, 0.2) is 133 Å². The predicted octanol–water partition coefficient (Wildman–Crippen LogP) is 7.57. The van der Waals surface area contributed by atoms with Crippen molar-refractivity contribution >= 4 is 46.8 Å². The van der Waals surface area contributed by atoms with E-state index in [0.717, 1.165) is 5.56 Å². The van der Waals surface area contributed by atoms with Crippen molar-refractivity contribution in [2.45, 2.75) is 38.8 Å². The SMILES string of the molecule is CC(=O)N[C@@H](CCCCNC(=O)OCc1ccccc1)C(=O)N(c1ccccc1)c1ccc(C(=O)Nc2cccc(C(=O)O)c2)c(-c2ccccc2)c1. The highest BCUT2D eigenvalue weighted by Gasteiger charge is 2.28. The number of rotatable bonds is 15. The number of alkyl carbamates (subject to hydrolysis) is 1. The first-order chi connectivity index (χ1) is 25.7. The van der Waals surface area contributed by atoms with Gasteiger partial charge in [-0.05, 0) is 84.5 Å². The second-order valence-electron chi connectivity index (χ2n) is 12.2. The molecule has 0 radical (unpaired) electrons. The molecule has 0 aromatic heterocycles. The summed E-state index contributed by atoms with van der Waals surface area (Å²) in [7, 11) is 0. The van der Waals surface area contributed by atoms with Gasteiger partial charge in [0, 0.05) is 36.1 Å². The number of amides is 4. The summed E-state index contributed by atoms with van der Waals surface area (Å²) in [6.45, 7) is 1.82. The van der Waals surface area contributed by atoms with Gasteiger partial charge in [0.05, 0.1) is 5.56 Å². The Morgan fingerprint density at radius 1 is 0.736 bits per heavy atom. The minimum atomic E-state index is -1.12. The zero-order valence-corrected chi connectivity index (χ0v) is 29.2. The number of hydrogen-bond donors (Lipinski definition) is 4. The maximum atomic E-state index is 14.5. The topological polar surface area (TPSA) is 154 Å². The van der Waals surface area contributed by atoms with Crippen LogP contribution in [0.4, 0.5) is 21.9 Å². The smallest absolute Gasteiger partial charge is 0.407 e. The summed E-state index contributed by atoms with van der Waals surface area (Å²) >= 11 is 0. The minimum absolute atomic E-state index is 0.0322. The third-order valence-corrected chi connectivity index (χ3v) is 8.27. The number of anilines is 3. The van der Waals surface area contributed by atoms with Crippen molar-refractivity contribution in [2.24, 2.45) is 0 Å². The Hall–Kier alpha value is -6.75. The van der Waals surface area contributed by atoms with E-state index in [-0.39, 0.29) is 24.0 Å². The molecule has 0 saturated carbocycles. The van der Waals surface area contributed by atoms with Gasteiger partial charge in [-0.15, -0.1) is 0 Å². The number of carboxylic acid groups (broad SMARTS) is 1. The molecule has 0 aliphatic heterocycles. The van der Waals surface area contributed by atoms with E-state index in [1.54, 1.807) is 54.6 Å². The van der Waals surface area contributed by atoms with E-state index >= 15 is 0 Å². The van der Waals surface area contributed by atoms with Crippen molar-refractivity contribution in [3.05, 3.63) is 150 Å². The second kappa shape index (κ2) is 18.5. The van der Waals surface area contributed by atoms with Crippen molar-refractivity contribution < 1.29 is 33.8 Å². The van der Waals surface area contributed by atoms with Gasteiger partial charge < -0.3 is 25.8 Å². The normalized spacial score (nSPS) is 11.1. The van der Waals surface area contributed by atoms with Crippen molar-refractivity contribution in [1.29, 1.82) is 0 Å². The summed E-state index contributed by atoms with van der Waals surface area (Å²) in [5.74, 6) is -2.34. The van der Waals surface area contributed by atoms with Crippen molar-refractivity contribution in [3.63, 3.8) is 0 Å². The van der Waals surface area contributed by atoms with Gasteiger partial charge in [-0.2, -0.15) is 0 Å². The molecule has 53 heavy (non-hydrogen) atoms. The van der Waals surface area contributed by atoms with Crippen LogP contribution in [-0.2, 0) is 20.9 Å². The van der Waals surface area contributed by atoms with Crippen LogP contribution < -0.4 is 20.9 Å². The summed E-state index contributed by atoms with van der Waals surface area (Å²) in [6, 6.07) is 37.7. The molecule has 1 atom stereocenters. The molecule has 0 heterocycles. The van der Waals surface area contributed by atoms with Gasteiger partial charge in [0.25, 0.3) is 11.8 Å². The molecule has 0 saturated heterocycles. The lowest BCUT2D eigenvalue weighted by Gasteiger charge is -2.29. The summed E-state index contributed by atoms with van der Waals surface area (Å²) in [5, 5.41) is 17.7. The summed E-state index contributed by atoms with van der Waals surface area (Å²) in [6.07, 6.45) is 0.797. The number of para-hydroxylation sites is 1. The highest BCUT2D eigenvalue weighted by Crippen LogP contribution is 2.34. The van der Waals surface area contributed by atoms with E-state index in [1.165, 1.54) is 24.0 Å². The lowest BCUT2D eigenvalue weighted by atomic mass is 9.97. The number of carbonyl (C=O) groups excluding carboxylic acids is 4. The van der Waals surface area contributed by atoms with Crippen molar-refractivity contribution in [2.75, 3.05) is 16.8 Å². The third-order valence-electron chi connectivity index (χ3n) is 8.27. The van der Waals surface area contributed by atoms with Crippen LogP contribution >= 0.6 is 0 Å². The summed E-state index contributed by atoms with van der Waals surface area (Å²) in [5.41, 5.74) is 3.78. The molecule has 11 nitrogen and oxygen atoms in total. The van der Waals surface area contributed by atoms with E-state index in [1.807, 2.05) is 66.7 Å². The molecule has 5 rings (SSSR count). The summed E-state index contributed by atoms with van der Waals surface area (Å²) < 4.78 is 5.27. The average molecular weight is 713 g/mol. The number of benzene rings is 5. The Morgan fingerprint density at radius 3 is 2.09 bits per heavy atom. The lowest BCUT2D eigenvalue weighted by molar-refractivity contribution is -0.126. The molecule has 4 amide bonds. The number of aromatic carboxylic acids is 1. The van der Waals surface area contributed by atoms with Crippen LogP contribution in [0, 0.1) is 0 Å². The minimum Gasteiger partial charge on any atom is -0.478 e. The first kappa shape index (κ1) is 37.5. The van der Waals surface area contributed by atoms with Crippen LogP contribution in [0.1, 0.15) is 52.5 Å². The van der Waals surface area contributed by atoms with Gasteiger partial charge >= 0.3 is 12.1 Å². The second-order valence-corrected chi connectivity index (χ2v) is 12.2. The van der Waals surface area contributed by atoms with Crippen molar-refractivity contribution in [3.8, 4) is 11.1 Å². The molecule has 11 heteroatoms. The Kier molecular flexibility index (Phi) is 13.1. The van der Waals surface area contributed by atoms with Gasteiger partial charge in [0.2, 0.25) is 5.91 Å². The molecule has 0 spiro atoms. The van der Waals surface area contributed by atoms with E-state index in [0.29, 0.717) is 59.6 Å². The predicted molar refractivity (Wildman–Crippen MR) is 203 cm³/mol. The van der Waals surface area contributed by atoms with Crippen LogP contribution in [-0.4, -0.2) is 47.5 Å². The molecule has 270 valence electrons. The van der Waals surface area contributed by atoms with Crippen molar-refractivity contribution in [1.82, 2.24) is 10.6 Å². The van der Waals surface area contributed by atoms with E-state index in [2.05, 4.69) is 16.0 Å². The Balaban J connectivity index is 1.37. The Bertz CT molecular complexity index is 2040. The number of hydrogen-bond acceptors (Lipinski definition) is 6. The third kappa shape index (κ3) is 10.6. The molecule has 5 aromatic carbocycles. The van der Waals surface area contributed by atoms with Crippen LogP contribution in [0.25, 0.3) is 11.1 Å². The van der Waals surface area contributed by atoms with E-state index in [4.69, 9.17) is 4.74 Å². The Morgan fingerprint density at radius 2 is 1.42 bits per heavy atom. The molecule has 0 aliphatic rings. The van der Waals surface area contributed by atoms with Gasteiger partial charge in [-0.25, -0.2) is 9.59 Å². The van der Waals surface area contributed by atoms with E-state index < -0.39 is 24.0 Å². The lowest BCUT2D eigenvalue weighted by Crippen LogP contribution is -2.46. The quantitative estimate of drug-likeness (QED) is 0.0817. The molecule has 0 fully saturated rings. The van der Waals surface area contributed by atoms with E-state index in [9.17, 15) is 29.1 Å². The highest BCUT2D eigenvalue weighted by atomic mass is 16.5. The Labute approximate surface area is 307 Å². The molecule has 0 unspecified atom stereocenters. The molecular formula is C42H40N4O7. The maximum absolute atomic E-state index is 14.5. The van der Waals surface area contributed by atoms with Gasteiger partial charge in [0.1, 0.15) is 12.6 Å². The molecule has 5 aromatic rings. The molecular weight excluding hydrogens is 672 g/mol.